The van der Waals surface area contributed by atoms with Gasteiger partial charge in [-0.25, -0.2) is 4.68 Å². The topological polar surface area (TPSA) is 108 Å². The van der Waals surface area contributed by atoms with Gasteiger partial charge in [-0.3, -0.25) is 4.79 Å². The van der Waals surface area contributed by atoms with Crippen LogP contribution < -0.4 is 10.6 Å². The minimum absolute atomic E-state index is 0.351. The highest BCUT2D eigenvalue weighted by Crippen LogP contribution is 2.28. The van der Waals surface area contributed by atoms with Crippen molar-refractivity contribution in [2.45, 2.75) is 32.7 Å². The number of nitrogens with two attached hydrogens (primary N) is 1. The highest BCUT2D eigenvalue weighted by Gasteiger charge is 2.29. The van der Waals surface area contributed by atoms with E-state index in [0.29, 0.717) is 43.3 Å². The van der Waals surface area contributed by atoms with Crippen LogP contribution in [0.1, 0.15) is 31.7 Å². The number of hydrogen-bond acceptors (Lipinski definition) is 5. The van der Waals surface area contributed by atoms with Crippen LogP contribution in [0.2, 0.25) is 0 Å². The summed E-state index contributed by atoms with van der Waals surface area (Å²) < 4.78 is 1.62. The summed E-state index contributed by atoms with van der Waals surface area (Å²) in [6, 6.07) is 2.09. The number of aromatic nitrogens is 2. The molecule has 0 amide bonds. The van der Waals surface area contributed by atoms with E-state index in [4.69, 9.17) is 10.8 Å². The van der Waals surface area contributed by atoms with Crippen molar-refractivity contribution in [2.75, 3.05) is 23.7 Å². The Morgan fingerprint density at radius 3 is 3.00 bits per heavy atom. The van der Waals surface area contributed by atoms with Crippen LogP contribution in [-0.4, -0.2) is 33.9 Å². The molecule has 1 aromatic heterocycles. The van der Waals surface area contributed by atoms with E-state index in [1.807, 2.05) is 11.8 Å². The number of piperidine rings is 1. The van der Waals surface area contributed by atoms with Crippen LogP contribution in [0.25, 0.3) is 0 Å². The fourth-order valence-corrected chi connectivity index (χ4v) is 2.54. The lowest BCUT2D eigenvalue weighted by Crippen LogP contribution is -2.39. The number of aryl methyl sites for hydroxylation is 1. The van der Waals surface area contributed by atoms with Crippen molar-refractivity contribution in [3.8, 4) is 6.07 Å². The maximum absolute atomic E-state index is 11.1. The molecule has 1 atom stereocenters. The van der Waals surface area contributed by atoms with Gasteiger partial charge in [-0.2, -0.15) is 10.4 Å². The first kappa shape index (κ1) is 14.2. The van der Waals surface area contributed by atoms with Crippen molar-refractivity contribution in [2.24, 2.45) is 5.92 Å². The molecule has 108 valence electrons. The first-order valence-corrected chi connectivity index (χ1v) is 6.82. The van der Waals surface area contributed by atoms with Crippen molar-refractivity contribution >= 4 is 17.6 Å². The molecule has 2 rings (SSSR count). The molecule has 0 aromatic carbocycles. The summed E-state index contributed by atoms with van der Waals surface area (Å²) in [4.78, 5) is 13.0. The van der Waals surface area contributed by atoms with Crippen molar-refractivity contribution in [1.29, 1.82) is 5.26 Å². The zero-order chi connectivity index (χ0) is 14.7. The van der Waals surface area contributed by atoms with Gasteiger partial charge in [-0.1, -0.05) is 6.92 Å². The fraction of sp³-hybridized carbons (Fsp3) is 0.615. The Kier molecular flexibility index (Phi) is 4.13. The number of anilines is 2. The Morgan fingerprint density at radius 2 is 2.40 bits per heavy atom. The van der Waals surface area contributed by atoms with Gasteiger partial charge in [0.05, 0.1) is 5.92 Å². The maximum atomic E-state index is 11.1. The summed E-state index contributed by atoms with van der Waals surface area (Å²) >= 11 is 0. The molecule has 20 heavy (non-hydrogen) atoms. The summed E-state index contributed by atoms with van der Waals surface area (Å²) in [5.41, 5.74) is 6.29. The fourth-order valence-electron chi connectivity index (χ4n) is 2.54. The van der Waals surface area contributed by atoms with Crippen LogP contribution in [0.15, 0.2) is 0 Å². The Bertz CT molecular complexity index is 546. The quantitative estimate of drug-likeness (QED) is 0.851. The van der Waals surface area contributed by atoms with Gasteiger partial charge < -0.3 is 15.7 Å². The first-order chi connectivity index (χ1) is 9.58. The molecule has 0 spiro atoms. The zero-order valence-corrected chi connectivity index (χ0v) is 11.5. The number of hydrogen-bond donors (Lipinski definition) is 2. The van der Waals surface area contributed by atoms with Gasteiger partial charge in [0.2, 0.25) is 0 Å². The van der Waals surface area contributed by atoms with Crippen LogP contribution in [-0.2, 0) is 11.3 Å². The molecule has 1 fully saturated rings. The number of rotatable bonds is 4. The lowest BCUT2D eigenvalue weighted by atomic mass is 9.98. The average Bonchev–Trinajstić information content (AvgIpc) is 2.76. The monoisotopic (exact) mass is 277 g/mol. The third kappa shape index (κ3) is 2.54. The molecule has 3 N–H and O–H groups in total. The van der Waals surface area contributed by atoms with Gasteiger partial charge in [0.25, 0.3) is 0 Å². The third-order valence-corrected chi connectivity index (χ3v) is 3.59. The third-order valence-electron chi connectivity index (χ3n) is 3.59. The van der Waals surface area contributed by atoms with Crippen LogP contribution in [0.3, 0.4) is 0 Å². The summed E-state index contributed by atoms with van der Waals surface area (Å²) in [6.45, 7) is 3.75. The second-order valence-electron chi connectivity index (χ2n) is 5.04. The number of carboxylic acid groups (broad SMARTS) is 1. The predicted octanol–water partition coefficient (Wildman–Crippen LogP) is 1.05. The molecule has 1 aliphatic heterocycles. The number of carbonyl (C=O) groups is 1. The van der Waals surface area contributed by atoms with Crippen LogP contribution in [0.4, 0.5) is 11.6 Å². The van der Waals surface area contributed by atoms with Gasteiger partial charge in [0.15, 0.2) is 5.82 Å². The number of nitriles is 1. The van der Waals surface area contributed by atoms with E-state index in [1.54, 1.807) is 4.68 Å². The summed E-state index contributed by atoms with van der Waals surface area (Å²) in [5.74, 6) is -0.326. The number of nitrogen functional groups attached to an aromatic ring is 1. The smallest absolute Gasteiger partial charge is 0.308 e. The molecule has 0 bridgehead atoms. The Morgan fingerprint density at radius 1 is 1.65 bits per heavy atom. The Hall–Kier alpha value is -2.23. The van der Waals surface area contributed by atoms with E-state index in [-0.39, 0.29) is 0 Å². The van der Waals surface area contributed by atoms with Crippen molar-refractivity contribution in [3.63, 3.8) is 0 Å². The van der Waals surface area contributed by atoms with Gasteiger partial charge in [-0.15, -0.1) is 0 Å². The van der Waals surface area contributed by atoms with E-state index in [0.717, 1.165) is 12.8 Å². The summed E-state index contributed by atoms with van der Waals surface area (Å²) in [7, 11) is 0. The second-order valence-corrected chi connectivity index (χ2v) is 5.04. The normalized spacial score (nSPS) is 18.8. The molecular formula is C13H19N5O2. The average molecular weight is 277 g/mol. The van der Waals surface area contributed by atoms with Crippen LogP contribution >= 0.6 is 0 Å². The molecule has 7 heteroatoms. The Labute approximate surface area is 117 Å². The van der Waals surface area contributed by atoms with Crippen LogP contribution in [0.5, 0.6) is 0 Å². The molecule has 1 aliphatic rings. The first-order valence-electron chi connectivity index (χ1n) is 6.82. The zero-order valence-electron chi connectivity index (χ0n) is 11.5. The SMILES string of the molecule is CCCn1nc(N2CCCC(C(=O)O)C2)c(C#N)c1N. The van der Waals surface area contributed by atoms with Gasteiger partial charge in [0, 0.05) is 19.6 Å². The molecule has 1 aromatic rings. The van der Waals surface area contributed by atoms with Gasteiger partial charge >= 0.3 is 5.97 Å². The second kappa shape index (κ2) is 5.82. The highest BCUT2D eigenvalue weighted by molar-refractivity contribution is 5.72. The Balaban J connectivity index is 2.30. The van der Waals surface area contributed by atoms with E-state index in [9.17, 15) is 10.1 Å². The summed E-state index contributed by atoms with van der Waals surface area (Å²) in [5, 5.41) is 22.8. The van der Waals surface area contributed by atoms with E-state index >= 15 is 0 Å². The summed E-state index contributed by atoms with van der Waals surface area (Å²) in [6.07, 6.45) is 2.31. The molecular weight excluding hydrogens is 258 g/mol. The maximum Gasteiger partial charge on any atom is 0.308 e. The number of carboxylic acids is 1. The lowest BCUT2D eigenvalue weighted by molar-refractivity contribution is -0.141. The van der Waals surface area contributed by atoms with Crippen molar-refractivity contribution < 1.29 is 9.90 Å². The van der Waals surface area contributed by atoms with E-state index in [2.05, 4.69) is 11.2 Å². The molecule has 0 radical (unpaired) electrons. The molecule has 2 heterocycles. The largest absolute Gasteiger partial charge is 0.481 e. The van der Waals surface area contributed by atoms with Gasteiger partial charge in [-0.05, 0) is 19.3 Å². The molecule has 1 saturated heterocycles. The molecule has 0 aliphatic carbocycles. The lowest BCUT2D eigenvalue weighted by Gasteiger charge is -2.30. The minimum atomic E-state index is -0.797. The van der Waals surface area contributed by atoms with E-state index < -0.39 is 11.9 Å². The van der Waals surface area contributed by atoms with Crippen molar-refractivity contribution in [3.05, 3.63) is 5.56 Å². The standard InChI is InChI=1S/C13H19N5O2/c1-2-5-18-11(15)10(7-14)12(16-18)17-6-3-4-9(8-17)13(19)20/h9H,2-6,8,15H2,1H3,(H,19,20). The van der Waals surface area contributed by atoms with Crippen molar-refractivity contribution in [1.82, 2.24) is 9.78 Å². The van der Waals surface area contributed by atoms with Gasteiger partial charge in [0.1, 0.15) is 17.5 Å². The predicted molar refractivity (Wildman–Crippen MR) is 74.2 cm³/mol. The number of aliphatic carboxylic acids is 1. The highest BCUT2D eigenvalue weighted by atomic mass is 16.4. The van der Waals surface area contributed by atoms with Crippen LogP contribution in [0, 0.1) is 17.2 Å². The molecule has 7 nitrogen and oxygen atoms in total. The number of nitrogens with zero attached hydrogens (tertiary/aromatic N) is 4. The molecule has 0 saturated carbocycles. The minimum Gasteiger partial charge on any atom is -0.481 e. The molecule has 1 unspecified atom stereocenters. The van der Waals surface area contributed by atoms with E-state index in [1.165, 1.54) is 0 Å².